The number of hydrogen-bond donors (Lipinski definition) is 0. The molecule has 1 aliphatic heterocycles. The number of amides is 1. The Morgan fingerprint density at radius 3 is 2.68 bits per heavy atom. The van der Waals surface area contributed by atoms with Gasteiger partial charge in [0.05, 0.1) is 19.3 Å². The molecule has 0 radical (unpaired) electrons. The molecule has 0 aliphatic carbocycles. The molecule has 1 fully saturated rings. The van der Waals surface area contributed by atoms with E-state index in [1.807, 2.05) is 30.3 Å². The molecule has 0 unspecified atom stereocenters. The standard InChI is InChI=1S/C16H21NO4S/c1-12(18)17(21-10-14-6-4-3-5-7-14)9-15-8-16(11-20-15)22-13(2)19/h3-7,15-16H,8-11H2,1-2H3/t15-,16+/m1/s1. The van der Waals surface area contributed by atoms with Gasteiger partial charge in [0.2, 0.25) is 5.91 Å². The van der Waals surface area contributed by atoms with Crippen LogP contribution < -0.4 is 0 Å². The zero-order valence-corrected chi connectivity index (χ0v) is 13.7. The van der Waals surface area contributed by atoms with Crippen LogP contribution in [0.1, 0.15) is 25.8 Å². The second kappa shape index (κ2) is 8.31. The average Bonchev–Trinajstić information content (AvgIpc) is 2.90. The maximum absolute atomic E-state index is 11.7. The lowest BCUT2D eigenvalue weighted by Crippen LogP contribution is -2.36. The minimum atomic E-state index is -0.151. The van der Waals surface area contributed by atoms with Gasteiger partial charge in [0.1, 0.15) is 6.61 Å². The maximum atomic E-state index is 11.7. The van der Waals surface area contributed by atoms with Gasteiger partial charge in [0, 0.05) is 19.1 Å². The molecule has 5 nitrogen and oxygen atoms in total. The van der Waals surface area contributed by atoms with Crippen LogP contribution in [-0.4, -0.2) is 40.6 Å². The summed E-state index contributed by atoms with van der Waals surface area (Å²) in [5.41, 5.74) is 1.01. The van der Waals surface area contributed by atoms with Crippen molar-refractivity contribution in [1.82, 2.24) is 5.06 Å². The highest BCUT2D eigenvalue weighted by Gasteiger charge is 2.29. The molecule has 1 amide bonds. The molecule has 2 rings (SSSR count). The van der Waals surface area contributed by atoms with E-state index in [2.05, 4.69) is 0 Å². The smallest absolute Gasteiger partial charge is 0.243 e. The van der Waals surface area contributed by atoms with E-state index in [-0.39, 0.29) is 22.4 Å². The van der Waals surface area contributed by atoms with E-state index in [9.17, 15) is 9.59 Å². The SMILES string of the molecule is CC(=O)S[C@@H]1CO[C@@H](CN(OCc2ccccc2)C(C)=O)C1. The number of carbonyl (C=O) groups is 2. The van der Waals surface area contributed by atoms with Crippen molar-refractivity contribution in [1.29, 1.82) is 0 Å². The number of benzene rings is 1. The maximum Gasteiger partial charge on any atom is 0.243 e. The van der Waals surface area contributed by atoms with Crippen molar-refractivity contribution in [3.63, 3.8) is 0 Å². The minimum absolute atomic E-state index is 0.0866. The third kappa shape index (κ3) is 5.44. The number of hydroxylamine groups is 2. The molecule has 6 heteroatoms. The van der Waals surface area contributed by atoms with Crippen LogP contribution in [0.5, 0.6) is 0 Å². The van der Waals surface area contributed by atoms with Crippen LogP contribution >= 0.6 is 11.8 Å². The first-order valence-corrected chi connectivity index (χ1v) is 8.16. The second-order valence-corrected chi connectivity index (χ2v) is 6.74. The third-order valence-electron chi connectivity index (χ3n) is 3.33. The van der Waals surface area contributed by atoms with Crippen LogP contribution in [-0.2, 0) is 25.8 Å². The molecule has 1 aliphatic rings. The molecule has 1 aromatic carbocycles. The second-order valence-electron chi connectivity index (χ2n) is 5.26. The van der Waals surface area contributed by atoms with E-state index in [0.717, 1.165) is 12.0 Å². The Morgan fingerprint density at radius 1 is 1.32 bits per heavy atom. The summed E-state index contributed by atoms with van der Waals surface area (Å²) >= 11 is 1.30. The highest BCUT2D eigenvalue weighted by Crippen LogP contribution is 2.26. The predicted octanol–water partition coefficient (Wildman–Crippen LogP) is 2.40. The molecule has 2 atom stereocenters. The van der Waals surface area contributed by atoms with Gasteiger partial charge < -0.3 is 4.74 Å². The van der Waals surface area contributed by atoms with Crippen LogP contribution in [0.2, 0.25) is 0 Å². The number of carbonyl (C=O) groups excluding carboxylic acids is 2. The Balaban J connectivity index is 1.82. The van der Waals surface area contributed by atoms with Crippen LogP contribution in [0.3, 0.4) is 0 Å². The number of thioether (sulfide) groups is 1. The molecule has 0 saturated carbocycles. The molecule has 0 aromatic heterocycles. The van der Waals surface area contributed by atoms with Gasteiger partial charge >= 0.3 is 0 Å². The molecule has 1 heterocycles. The summed E-state index contributed by atoms with van der Waals surface area (Å²) in [6.45, 7) is 4.31. The van der Waals surface area contributed by atoms with E-state index in [0.29, 0.717) is 19.8 Å². The Labute approximate surface area is 134 Å². The quantitative estimate of drug-likeness (QED) is 0.753. The summed E-state index contributed by atoms with van der Waals surface area (Å²) in [6.07, 6.45) is 0.666. The van der Waals surface area contributed by atoms with Crippen molar-refractivity contribution in [2.45, 2.75) is 38.2 Å². The molecule has 0 N–H and O–H groups in total. The summed E-state index contributed by atoms with van der Waals surface area (Å²) < 4.78 is 5.65. The number of nitrogens with zero attached hydrogens (tertiary/aromatic N) is 1. The summed E-state index contributed by atoms with van der Waals surface area (Å²) in [7, 11) is 0. The fourth-order valence-electron chi connectivity index (χ4n) is 2.30. The first kappa shape index (κ1) is 17.0. The van der Waals surface area contributed by atoms with Gasteiger partial charge in [-0.2, -0.15) is 0 Å². The first-order valence-electron chi connectivity index (χ1n) is 7.28. The fraction of sp³-hybridized carbons (Fsp3) is 0.500. The number of hydrogen-bond acceptors (Lipinski definition) is 5. The normalized spacial score (nSPS) is 20.8. The molecule has 22 heavy (non-hydrogen) atoms. The van der Waals surface area contributed by atoms with E-state index in [1.165, 1.54) is 23.7 Å². The number of ether oxygens (including phenoxy) is 1. The molecule has 1 saturated heterocycles. The van der Waals surface area contributed by atoms with Crippen LogP contribution in [0.15, 0.2) is 30.3 Å². The zero-order chi connectivity index (χ0) is 15.9. The van der Waals surface area contributed by atoms with Gasteiger partial charge in [0.25, 0.3) is 0 Å². The van der Waals surface area contributed by atoms with E-state index >= 15 is 0 Å². The average molecular weight is 323 g/mol. The largest absolute Gasteiger partial charge is 0.375 e. The van der Waals surface area contributed by atoms with Gasteiger partial charge in [-0.15, -0.1) is 0 Å². The summed E-state index contributed by atoms with van der Waals surface area (Å²) in [5, 5.41) is 1.61. The lowest BCUT2D eigenvalue weighted by molar-refractivity contribution is -0.196. The van der Waals surface area contributed by atoms with Gasteiger partial charge in [0.15, 0.2) is 5.12 Å². The van der Waals surface area contributed by atoms with Crippen molar-refractivity contribution < 1.29 is 19.2 Å². The first-order chi connectivity index (χ1) is 10.5. The van der Waals surface area contributed by atoms with Crippen LogP contribution in [0.25, 0.3) is 0 Å². The van der Waals surface area contributed by atoms with E-state index < -0.39 is 0 Å². The van der Waals surface area contributed by atoms with Crippen molar-refractivity contribution in [3.8, 4) is 0 Å². The van der Waals surface area contributed by atoms with Crippen molar-refractivity contribution in [3.05, 3.63) is 35.9 Å². The molecule has 1 aromatic rings. The summed E-state index contributed by atoms with van der Waals surface area (Å²) in [5.74, 6) is -0.151. The number of rotatable bonds is 6. The monoisotopic (exact) mass is 323 g/mol. The van der Waals surface area contributed by atoms with E-state index in [4.69, 9.17) is 9.57 Å². The minimum Gasteiger partial charge on any atom is -0.375 e. The molecule has 0 spiro atoms. The molecular formula is C16H21NO4S. The lowest BCUT2D eigenvalue weighted by atomic mass is 10.2. The highest BCUT2D eigenvalue weighted by molar-refractivity contribution is 8.14. The zero-order valence-electron chi connectivity index (χ0n) is 12.9. The third-order valence-corrected chi connectivity index (χ3v) is 4.32. The van der Waals surface area contributed by atoms with Crippen LogP contribution in [0, 0.1) is 0 Å². The predicted molar refractivity (Wildman–Crippen MR) is 85.0 cm³/mol. The fourth-order valence-corrected chi connectivity index (χ4v) is 3.23. The summed E-state index contributed by atoms with van der Waals surface area (Å²) in [6, 6.07) is 9.69. The Kier molecular flexibility index (Phi) is 6.42. The lowest BCUT2D eigenvalue weighted by Gasteiger charge is -2.23. The molecule has 0 bridgehead atoms. The van der Waals surface area contributed by atoms with Gasteiger partial charge in [-0.05, 0) is 12.0 Å². The Hall–Kier alpha value is -1.37. The topological polar surface area (TPSA) is 55.8 Å². The van der Waals surface area contributed by atoms with Crippen molar-refractivity contribution >= 4 is 22.8 Å². The van der Waals surface area contributed by atoms with Gasteiger partial charge in [-0.3, -0.25) is 14.4 Å². The molecular weight excluding hydrogens is 302 g/mol. The van der Waals surface area contributed by atoms with Crippen molar-refractivity contribution in [2.75, 3.05) is 13.2 Å². The van der Waals surface area contributed by atoms with Crippen molar-refractivity contribution in [2.24, 2.45) is 0 Å². The Morgan fingerprint density at radius 2 is 2.05 bits per heavy atom. The Bertz CT molecular complexity index is 508. The van der Waals surface area contributed by atoms with Gasteiger partial charge in [-0.1, -0.05) is 42.1 Å². The van der Waals surface area contributed by atoms with Crippen LogP contribution in [0.4, 0.5) is 0 Å². The van der Waals surface area contributed by atoms with Gasteiger partial charge in [-0.25, -0.2) is 5.06 Å². The summed E-state index contributed by atoms with van der Waals surface area (Å²) in [4.78, 5) is 28.4. The van der Waals surface area contributed by atoms with E-state index in [1.54, 1.807) is 6.92 Å². The molecule has 120 valence electrons. The highest BCUT2D eigenvalue weighted by atomic mass is 32.2.